The van der Waals surface area contributed by atoms with Gasteiger partial charge in [-0.1, -0.05) is 30.3 Å². The highest BCUT2D eigenvalue weighted by Crippen LogP contribution is 2.27. The number of anilines is 1. The zero-order valence-electron chi connectivity index (χ0n) is 18.0. The minimum atomic E-state index is -3.76. The standard InChI is InChI=1S/C24H25FN2O4S/c1-17(19-9-11-20(25)12-10-19)26-24(28)18(2)27(32(3,29)30)21-13-15-23(16-14-21)31-22-7-5-4-6-8-22/h4-18H,1-3H3,(H,26,28)/t17-,18-/m1/s1. The Morgan fingerprint density at radius 2 is 1.47 bits per heavy atom. The van der Waals surface area contributed by atoms with Crippen LogP contribution >= 0.6 is 0 Å². The molecule has 0 fully saturated rings. The fraction of sp³-hybridized carbons (Fsp3) is 0.208. The van der Waals surface area contributed by atoms with Gasteiger partial charge >= 0.3 is 0 Å². The number of ether oxygens (including phenoxy) is 1. The van der Waals surface area contributed by atoms with Crippen LogP contribution in [0.2, 0.25) is 0 Å². The van der Waals surface area contributed by atoms with Gasteiger partial charge in [-0.3, -0.25) is 9.10 Å². The minimum Gasteiger partial charge on any atom is -0.457 e. The van der Waals surface area contributed by atoms with Gasteiger partial charge in [0.15, 0.2) is 0 Å². The molecule has 0 unspecified atom stereocenters. The Labute approximate surface area is 187 Å². The van der Waals surface area contributed by atoms with Gasteiger partial charge in [0.25, 0.3) is 0 Å². The fourth-order valence-electron chi connectivity index (χ4n) is 3.26. The number of halogens is 1. The van der Waals surface area contributed by atoms with Crippen LogP contribution in [0.15, 0.2) is 78.9 Å². The molecule has 3 aromatic rings. The number of nitrogens with one attached hydrogen (secondary N) is 1. The van der Waals surface area contributed by atoms with Crippen molar-refractivity contribution >= 4 is 21.6 Å². The molecule has 0 radical (unpaired) electrons. The van der Waals surface area contributed by atoms with E-state index in [1.165, 1.54) is 19.1 Å². The number of amides is 1. The lowest BCUT2D eigenvalue weighted by Gasteiger charge is -2.29. The van der Waals surface area contributed by atoms with Crippen molar-refractivity contribution in [1.29, 1.82) is 0 Å². The summed E-state index contributed by atoms with van der Waals surface area (Å²) in [5, 5.41) is 2.79. The van der Waals surface area contributed by atoms with Crippen LogP contribution in [0.4, 0.5) is 10.1 Å². The smallest absolute Gasteiger partial charge is 0.244 e. The Bertz CT molecular complexity index is 1150. The molecule has 0 aliphatic heterocycles. The highest BCUT2D eigenvalue weighted by atomic mass is 32.2. The molecule has 0 spiro atoms. The summed E-state index contributed by atoms with van der Waals surface area (Å²) in [6.07, 6.45) is 1.05. The first-order chi connectivity index (χ1) is 15.1. The van der Waals surface area contributed by atoms with Crippen LogP contribution in [0.5, 0.6) is 11.5 Å². The maximum Gasteiger partial charge on any atom is 0.244 e. The summed E-state index contributed by atoms with van der Waals surface area (Å²) in [5.41, 5.74) is 1.05. The highest BCUT2D eigenvalue weighted by molar-refractivity contribution is 7.92. The van der Waals surface area contributed by atoms with Crippen LogP contribution in [0, 0.1) is 5.82 Å². The van der Waals surface area contributed by atoms with E-state index in [2.05, 4.69) is 5.32 Å². The molecule has 1 N–H and O–H groups in total. The van der Waals surface area contributed by atoms with Crippen molar-refractivity contribution in [3.63, 3.8) is 0 Å². The maximum absolute atomic E-state index is 13.1. The number of nitrogens with zero attached hydrogens (tertiary/aromatic N) is 1. The second-order valence-corrected chi connectivity index (χ2v) is 9.29. The Hall–Kier alpha value is -3.39. The average molecular weight is 457 g/mol. The van der Waals surface area contributed by atoms with Crippen molar-refractivity contribution in [3.8, 4) is 11.5 Å². The van der Waals surface area contributed by atoms with Crippen molar-refractivity contribution in [1.82, 2.24) is 5.32 Å². The fourth-order valence-corrected chi connectivity index (χ4v) is 4.44. The third-order valence-corrected chi connectivity index (χ3v) is 6.13. The predicted octanol–water partition coefficient (Wildman–Crippen LogP) is 4.65. The second kappa shape index (κ2) is 9.82. The first-order valence-electron chi connectivity index (χ1n) is 10.0. The van der Waals surface area contributed by atoms with Crippen molar-refractivity contribution in [2.45, 2.75) is 25.9 Å². The Morgan fingerprint density at radius 1 is 0.906 bits per heavy atom. The van der Waals surface area contributed by atoms with E-state index >= 15 is 0 Å². The number of benzene rings is 3. The molecule has 3 aromatic carbocycles. The molecule has 8 heteroatoms. The van der Waals surface area contributed by atoms with Gasteiger partial charge in [0, 0.05) is 0 Å². The van der Waals surface area contributed by atoms with Gasteiger partial charge in [-0.15, -0.1) is 0 Å². The SMILES string of the molecule is C[C@H](C(=O)N[C@H](C)c1ccc(F)cc1)N(c1ccc(Oc2ccccc2)cc1)S(C)(=O)=O. The molecule has 0 aliphatic carbocycles. The van der Waals surface area contributed by atoms with Crippen LogP contribution in [0.1, 0.15) is 25.5 Å². The monoisotopic (exact) mass is 456 g/mol. The Balaban J connectivity index is 1.76. The molecular weight excluding hydrogens is 431 g/mol. The van der Waals surface area contributed by atoms with E-state index in [4.69, 9.17) is 4.74 Å². The van der Waals surface area contributed by atoms with Crippen LogP contribution in [0.3, 0.4) is 0 Å². The molecule has 168 valence electrons. The number of carbonyl (C=O) groups excluding carboxylic acids is 1. The number of carbonyl (C=O) groups is 1. The molecule has 0 bridgehead atoms. The van der Waals surface area contributed by atoms with Crippen LogP contribution in [0.25, 0.3) is 0 Å². The first-order valence-corrected chi connectivity index (χ1v) is 11.9. The summed E-state index contributed by atoms with van der Waals surface area (Å²) in [6, 6.07) is 20.0. The molecule has 6 nitrogen and oxygen atoms in total. The summed E-state index contributed by atoms with van der Waals surface area (Å²) in [6.45, 7) is 3.26. The molecule has 0 aliphatic rings. The van der Waals surface area contributed by atoms with E-state index in [1.54, 1.807) is 43.3 Å². The third-order valence-electron chi connectivity index (χ3n) is 4.89. The molecule has 1 amide bonds. The quantitative estimate of drug-likeness (QED) is 0.535. The second-order valence-electron chi connectivity index (χ2n) is 7.43. The largest absolute Gasteiger partial charge is 0.457 e. The molecule has 2 atom stereocenters. The van der Waals surface area contributed by atoms with Gasteiger partial charge in [0.05, 0.1) is 18.0 Å². The van der Waals surface area contributed by atoms with E-state index < -0.39 is 28.0 Å². The molecular formula is C24H25FN2O4S. The number of rotatable bonds is 8. The molecule has 3 rings (SSSR count). The molecule has 32 heavy (non-hydrogen) atoms. The van der Waals surface area contributed by atoms with Crippen LogP contribution in [-0.4, -0.2) is 26.6 Å². The maximum atomic E-state index is 13.1. The lowest BCUT2D eigenvalue weighted by atomic mass is 10.1. The molecule has 0 saturated heterocycles. The normalized spacial score (nSPS) is 13.1. The number of hydrogen-bond acceptors (Lipinski definition) is 4. The van der Waals surface area contributed by atoms with Gasteiger partial charge in [-0.2, -0.15) is 0 Å². The summed E-state index contributed by atoms with van der Waals surface area (Å²) in [7, 11) is -3.76. The molecule has 0 aromatic heterocycles. The van der Waals surface area contributed by atoms with Crippen molar-refractivity contribution < 1.29 is 22.3 Å². The number of hydrogen-bond donors (Lipinski definition) is 1. The van der Waals surface area contributed by atoms with Crippen molar-refractivity contribution in [3.05, 3.63) is 90.2 Å². The lowest BCUT2D eigenvalue weighted by Crippen LogP contribution is -2.48. The summed E-state index contributed by atoms with van der Waals surface area (Å²) in [5.74, 6) is 0.346. The molecule has 0 heterocycles. The van der Waals surface area contributed by atoms with Crippen molar-refractivity contribution in [2.24, 2.45) is 0 Å². The van der Waals surface area contributed by atoms with Crippen LogP contribution in [-0.2, 0) is 14.8 Å². The van der Waals surface area contributed by atoms with Gasteiger partial charge in [-0.05, 0) is 67.9 Å². The predicted molar refractivity (Wildman–Crippen MR) is 123 cm³/mol. The van der Waals surface area contributed by atoms with E-state index in [-0.39, 0.29) is 5.82 Å². The van der Waals surface area contributed by atoms with E-state index in [0.717, 1.165) is 10.6 Å². The number of para-hydroxylation sites is 1. The van der Waals surface area contributed by atoms with E-state index in [9.17, 15) is 17.6 Å². The zero-order chi connectivity index (χ0) is 23.3. The summed E-state index contributed by atoms with van der Waals surface area (Å²) < 4.78 is 45.0. The van der Waals surface area contributed by atoms with Crippen LogP contribution < -0.4 is 14.4 Å². The lowest BCUT2D eigenvalue weighted by molar-refractivity contribution is -0.122. The Morgan fingerprint density at radius 3 is 2.03 bits per heavy atom. The minimum absolute atomic E-state index is 0.338. The third kappa shape index (κ3) is 5.85. The summed E-state index contributed by atoms with van der Waals surface area (Å²) in [4.78, 5) is 12.8. The van der Waals surface area contributed by atoms with Gasteiger partial charge in [-0.25, -0.2) is 12.8 Å². The number of sulfonamides is 1. The topological polar surface area (TPSA) is 75.7 Å². The first kappa shape index (κ1) is 23.3. The Kier molecular flexibility index (Phi) is 7.15. The zero-order valence-corrected chi connectivity index (χ0v) is 18.8. The molecule has 0 saturated carbocycles. The van der Waals surface area contributed by atoms with Crippen molar-refractivity contribution in [2.75, 3.05) is 10.6 Å². The van der Waals surface area contributed by atoms with E-state index in [0.29, 0.717) is 22.7 Å². The van der Waals surface area contributed by atoms with E-state index in [1.807, 2.05) is 30.3 Å². The van der Waals surface area contributed by atoms with Gasteiger partial charge in [0.2, 0.25) is 15.9 Å². The highest BCUT2D eigenvalue weighted by Gasteiger charge is 2.30. The van der Waals surface area contributed by atoms with Gasteiger partial charge in [0.1, 0.15) is 23.4 Å². The summed E-state index contributed by atoms with van der Waals surface area (Å²) >= 11 is 0. The van der Waals surface area contributed by atoms with Gasteiger partial charge < -0.3 is 10.1 Å². The average Bonchev–Trinajstić information content (AvgIpc) is 2.75.